The van der Waals surface area contributed by atoms with Gasteiger partial charge in [0, 0.05) is 6.04 Å². The Morgan fingerprint density at radius 1 is 1.55 bits per heavy atom. The van der Waals surface area contributed by atoms with E-state index in [1.165, 1.54) is 0 Å². The predicted octanol–water partition coefficient (Wildman–Crippen LogP) is 1.87. The lowest BCUT2D eigenvalue weighted by Crippen LogP contribution is -2.28. The van der Waals surface area contributed by atoms with Gasteiger partial charge < -0.3 is 5.32 Å². The van der Waals surface area contributed by atoms with Crippen molar-refractivity contribution in [3.8, 4) is 0 Å². The van der Waals surface area contributed by atoms with Crippen LogP contribution in [0.2, 0.25) is 0 Å². The van der Waals surface area contributed by atoms with Crippen molar-refractivity contribution < 1.29 is 4.79 Å². The first-order valence-electron chi connectivity index (χ1n) is 4.13. The molecule has 0 aliphatic rings. The highest BCUT2D eigenvalue weighted by atomic mass is 16.1. The van der Waals surface area contributed by atoms with Crippen LogP contribution in [0.1, 0.15) is 33.6 Å². The van der Waals surface area contributed by atoms with E-state index in [1.54, 1.807) is 6.08 Å². The van der Waals surface area contributed by atoms with Crippen molar-refractivity contribution in [2.45, 2.75) is 39.7 Å². The monoisotopic (exact) mass is 155 g/mol. The van der Waals surface area contributed by atoms with Gasteiger partial charge in [-0.15, -0.1) is 0 Å². The number of amides is 1. The highest BCUT2D eigenvalue weighted by molar-refractivity contribution is 5.87. The van der Waals surface area contributed by atoms with Gasteiger partial charge in [0.15, 0.2) is 0 Å². The third-order valence-electron chi connectivity index (χ3n) is 1.16. The van der Waals surface area contributed by atoms with Gasteiger partial charge in [-0.3, -0.25) is 4.79 Å². The molecule has 0 aliphatic heterocycles. The van der Waals surface area contributed by atoms with Gasteiger partial charge in [-0.1, -0.05) is 19.4 Å². The van der Waals surface area contributed by atoms with Crippen molar-refractivity contribution in [3.05, 3.63) is 12.2 Å². The van der Waals surface area contributed by atoms with Crippen molar-refractivity contribution in [2.75, 3.05) is 0 Å². The number of carbonyl (C=O) groups is 1. The minimum absolute atomic E-state index is 0.00782. The fourth-order valence-corrected chi connectivity index (χ4v) is 0.690. The van der Waals surface area contributed by atoms with E-state index in [1.807, 2.05) is 19.9 Å². The zero-order valence-corrected chi connectivity index (χ0v) is 7.55. The fraction of sp³-hybridized carbons (Fsp3) is 0.667. The predicted molar refractivity (Wildman–Crippen MR) is 47.3 cm³/mol. The molecule has 0 bridgehead atoms. The molecule has 0 aromatic heterocycles. The maximum Gasteiger partial charge on any atom is 0.243 e. The van der Waals surface area contributed by atoms with Crippen LogP contribution in [0.3, 0.4) is 0 Å². The third-order valence-corrected chi connectivity index (χ3v) is 1.16. The largest absolute Gasteiger partial charge is 0.350 e. The second kappa shape index (κ2) is 5.96. The summed E-state index contributed by atoms with van der Waals surface area (Å²) in [6.45, 7) is 5.99. The van der Waals surface area contributed by atoms with E-state index in [0.717, 1.165) is 12.8 Å². The zero-order valence-electron chi connectivity index (χ0n) is 7.55. The highest BCUT2D eigenvalue weighted by Gasteiger charge is 1.95. The molecule has 0 rings (SSSR count). The minimum Gasteiger partial charge on any atom is -0.350 e. The van der Waals surface area contributed by atoms with E-state index >= 15 is 0 Å². The summed E-state index contributed by atoms with van der Waals surface area (Å²) in [5.74, 6) is 0.00782. The third kappa shape index (κ3) is 7.10. The lowest BCUT2D eigenvalue weighted by Gasteiger charge is -2.03. The van der Waals surface area contributed by atoms with E-state index in [0.29, 0.717) is 0 Å². The highest BCUT2D eigenvalue weighted by Crippen LogP contribution is 1.88. The lowest BCUT2D eigenvalue weighted by molar-refractivity contribution is -0.116. The summed E-state index contributed by atoms with van der Waals surface area (Å²) >= 11 is 0. The van der Waals surface area contributed by atoms with Crippen LogP contribution in [0, 0.1) is 0 Å². The molecule has 2 nitrogen and oxygen atoms in total. The topological polar surface area (TPSA) is 29.1 Å². The number of rotatable bonds is 4. The Morgan fingerprint density at radius 2 is 2.18 bits per heavy atom. The van der Waals surface area contributed by atoms with Crippen molar-refractivity contribution in [3.63, 3.8) is 0 Å². The maximum absolute atomic E-state index is 10.9. The number of allylic oxidation sites excluding steroid dienone is 1. The molecule has 0 saturated carbocycles. The smallest absolute Gasteiger partial charge is 0.243 e. The molecule has 1 N–H and O–H groups in total. The second-order valence-corrected chi connectivity index (χ2v) is 2.85. The quantitative estimate of drug-likeness (QED) is 0.617. The van der Waals surface area contributed by atoms with Gasteiger partial charge in [0.25, 0.3) is 0 Å². The lowest BCUT2D eigenvalue weighted by atomic mass is 10.3. The first-order valence-corrected chi connectivity index (χ1v) is 4.13. The molecule has 0 aromatic carbocycles. The summed E-state index contributed by atoms with van der Waals surface area (Å²) in [4.78, 5) is 10.9. The van der Waals surface area contributed by atoms with E-state index in [2.05, 4.69) is 12.2 Å². The SMILES string of the molecule is CCCC=CC(=O)NC(C)C. The summed E-state index contributed by atoms with van der Waals surface area (Å²) in [5, 5.41) is 2.78. The Hall–Kier alpha value is -0.790. The first kappa shape index (κ1) is 10.2. The van der Waals surface area contributed by atoms with Crippen molar-refractivity contribution in [1.29, 1.82) is 0 Å². The Bertz CT molecular complexity index is 138. The summed E-state index contributed by atoms with van der Waals surface area (Å²) in [6.07, 6.45) is 5.57. The molecular formula is C9H17NO. The molecule has 64 valence electrons. The number of carbonyl (C=O) groups excluding carboxylic acids is 1. The van der Waals surface area contributed by atoms with E-state index in [-0.39, 0.29) is 11.9 Å². The molecule has 0 fully saturated rings. The zero-order chi connectivity index (χ0) is 8.69. The second-order valence-electron chi connectivity index (χ2n) is 2.85. The van der Waals surface area contributed by atoms with Gasteiger partial charge in [-0.25, -0.2) is 0 Å². The van der Waals surface area contributed by atoms with E-state index in [9.17, 15) is 4.79 Å². The number of hydrogen-bond donors (Lipinski definition) is 1. The normalized spacial score (nSPS) is 10.9. The standard InChI is InChI=1S/C9H17NO/c1-4-5-6-7-9(11)10-8(2)3/h6-8H,4-5H2,1-3H3,(H,10,11). The molecular weight excluding hydrogens is 138 g/mol. The van der Waals surface area contributed by atoms with Gasteiger partial charge in [-0.05, 0) is 26.3 Å². The molecule has 0 radical (unpaired) electrons. The molecule has 0 aromatic rings. The summed E-state index contributed by atoms with van der Waals surface area (Å²) in [5.41, 5.74) is 0. The van der Waals surface area contributed by atoms with Crippen LogP contribution >= 0.6 is 0 Å². The molecule has 0 unspecified atom stereocenters. The van der Waals surface area contributed by atoms with Gasteiger partial charge in [0.05, 0.1) is 0 Å². The molecule has 0 spiro atoms. The maximum atomic E-state index is 10.9. The average molecular weight is 155 g/mol. The Kier molecular flexibility index (Phi) is 5.53. The minimum atomic E-state index is 0.00782. The molecule has 11 heavy (non-hydrogen) atoms. The molecule has 0 atom stereocenters. The van der Waals surface area contributed by atoms with Crippen molar-refractivity contribution >= 4 is 5.91 Å². The number of unbranched alkanes of at least 4 members (excludes halogenated alkanes) is 1. The van der Waals surface area contributed by atoms with Crippen molar-refractivity contribution in [1.82, 2.24) is 5.32 Å². The number of hydrogen-bond acceptors (Lipinski definition) is 1. The molecule has 0 saturated heterocycles. The molecule has 0 aliphatic carbocycles. The van der Waals surface area contributed by atoms with Crippen LogP contribution in [-0.2, 0) is 4.79 Å². The molecule has 2 heteroatoms. The van der Waals surface area contributed by atoms with Crippen LogP contribution in [0.15, 0.2) is 12.2 Å². The van der Waals surface area contributed by atoms with Gasteiger partial charge in [0.2, 0.25) is 5.91 Å². The Morgan fingerprint density at radius 3 is 2.64 bits per heavy atom. The summed E-state index contributed by atoms with van der Waals surface area (Å²) in [7, 11) is 0. The molecule has 0 heterocycles. The molecule has 1 amide bonds. The Balaban J connectivity index is 3.51. The van der Waals surface area contributed by atoms with Gasteiger partial charge in [-0.2, -0.15) is 0 Å². The van der Waals surface area contributed by atoms with Crippen LogP contribution < -0.4 is 5.32 Å². The van der Waals surface area contributed by atoms with Crippen LogP contribution in [0.5, 0.6) is 0 Å². The van der Waals surface area contributed by atoms with Crippen molar-refractivity contribution in [2.24, 2.45) is 0 Å². The van der Waals surface area contributed by atoms with E-state index in [4.69, 9.17) is 0 Å². The van der Waals surface area contributed by atoms with E-state index < -0.39 is 0 Å². The Labute approximate surface area is 68.7 Å². The average Bonchev–Trinajstić information content (AvgIpc) is 1.86. The first-order chi connectivity index (χ1) is 5.16. The van der Waals surface area contributed by atoms with Crippen LogP contribution in [0.25, 0.3) is 0 Å². The fourth-order valence-electron chi connectivity index (χ4n) is 0.690. The van der Waals surface area contributed by atoms with Gasteiger partial charge >= 0.3 is 0 Å². The summed E-state index contributed by atoms with van der Waals surface area (Å²) in [6, 6.07) is 0.230. The van der Waals surface area contributed by atoms with Gasteiger partial charge in [0.1, 0.15) is 0 Å². The van der Waals surface area contributed by atoms with Crippen LogP contribution in [0.4, 0.5) is 0 Å². The van der Waals surface area contributed by atoms with Crippen LogP contribution in [-0.4, -0.2) is 11.9 Å². The number of nitrogens with one attached hydrogen (secondary N) is 1. The summed E-state index contributed by atoms with van der Waals surface area (Å²) < 4.78 is 0.